The Morgan fingerprint density at radius 2 is 0.350 bits per heavy atom. The summed E-state index contributed by atoms with van der Waals surface area (Å²) in [4.78, 5) is 114. The fourth-order valence-corrected chi connectivity index (χ4v) is 8.71. The van der Waals surface area contributed by atoms with E-state index in [-0.39, 0.29) is 94.7 Å². The SMILES string of the molecule is O.O.O.O.O=C([O-])c1cccc(C(=O)[O-])n1.O=C([O-])c1cccc(C(=O)[O-])n1.O=C([O-])c1cccc(C(=O)[O-])n1.O=[N+]([O-])[O-].[Cu+2].[Cu+2].[Tb+3].c1cnc2c(c1)ccc1cccnc12.c1cnc2c(c1)ccc1cccnc12.c1cnc2c(c1)ccc1cccnc12.c1cnc2c(c1)ccc1cccnc12. The number of pyridine rings is 11. The molecule has 103 heavy (non-hydrogen) atoms. The largest absolute Gasteiger partial charge is 3.00 e. The zero-order chi connectivity index (χ0) is 68.5. The van der Waals surface area contributed by atoms with Crippen LogP contribution in [0.25, 0.3) is 87.2 Å². The molecule has 15 rings (SSSR count). The van der Waals surface area contributed by atoms with Gasteiger partial charge in [0, 0.05) is 92.7 Å². The molecular formula is C69H49Cu2N12O19Tb. The number of benzene rings is 4. The average Bonchev–Trinajstić information content (AvgIpc) is 0.817. The smallest absolute Gasteiger partial charge is 0.543 e. The van der Waals surface area contributed by atoms with Crippen molar-refractivity contribution < 1.29 is 159 Å². The molecule has 15 aromatic rings. The van der Waals surface area contributed by atoms with Crippen molar-refractivity contribution >= 4 is 123 Å². The van der Waals surface area contributed by atoms with Gasteiger partial charge in [-0.1, -0.05) is 115 Å². The molecule has 8 N–H and O–H groups in total. The van der Waals surface area contributed by atoms with Gasteiger partial charge in [0.15, 0.2) is 0 Å². The third-order valence-corrected chi connectivity index (χ3v) is 12.9. The molecule has 0 spiro atoms. The topological polar surface area (TPSA) is 575 Å². The van der Waals surface area contributed by atoms with Crippen LogP contribution in [-0.2, 0) is 34.1 Å². The summed E-state index contributed by atoms with van der Waals surface area (Å²) in [5, 5.41) is 85.0. The number of carboxylic acid groups (broad SMARTS) is 6. The van der Waals surface area contributed by atoms with E-state index < -0.39 is 75.1 Å². The number of nitrogens with zero attached hydrogens (tertiary/aromatic N) is 12. The Kier molecular flexibility index (Phi) is 38.0. The van der Waals surface area contributed by atoms with E-state index in [9.17, 15) is 59.4 Å². The standard InChI is InChI=1S/4C12H8N2.3C7H5NO4.2Cu.NO3.4H2O.Tb/c4*1-3-9-5-6-10-4-2-8-14-12(10)11(9)13-7-1;3*9-6(10)4-2-1-3-5(8-4)7(11)12;;;2-1(3)4;;;;;/h4*1-8H;3*1-3H,(H,9,10)(H,11,12);;;;4*1H2;/q;;;;;;;2*+2;-1;;;;;+3/p-6. The number of aromatic nitrogens is 11. The van der Waals surface area contributed by atoms with Crippen LogP contribution in [0.1, 0.15) is 62.9 Å². The second-order valence-corrected chi connectivity index (χ2v) is 19.0. The van der Waals surface area contributed by atoms with Crippen LogP contribution < -0.4 is 30.6 Å². The van der Waals surface area contributed by atoms with Crippen molar-refractivity contribution in [3.8, 4) is 0 Å². The summed E-state index contributed by atoms with van der Waals surface area (Å²) in [5.41, 5.74) is 5.30. The fourth-order valence-electron chi connectivity index (χ4n) is 8.71. The number of carboxylic acids is 6. The van der Waals surface area contributed by atoms with Gasteiger partial charge in [-0.2, -0.15) is 0 Å². The van der Waals surface area contributed by atoms with Crippen molar-refractivity contribution in [2.45, 2.75) is 0 Å². The van der Waals surface area contributed by atoms with E-state index in [1.165, 1.54) is 18.2 Å². The minimum Gasteiger partial charge on any atom is -0.543 e. The van der Waals surface area contributed by atoms with Gasteiger partial charge in [-0.25, -0.2) is 15.0 Å². The van der Waals surface area contributed by atoms with Gasteiger partial charge < -0.3 is 96.6 Å². The molecule has 0 aliphatic rings. The minimum absolute atomic E-state index is 0. The van der Waals surface area contributed by atoms with E-state index in [2.05, 4.69) is 152 Å². The first-order valence-corrected chi connectivity index (χ1v) is 27.7. The molecule has 11 heterocycles. The zero-order valence-corrected chi connectivity index (χ0v) is 56.1. The molecule has 2 radical (unpaired) electrons. The Morgan fingerprint density at radius 3 is 0.456 bits per heavy atom. The van der Waals surface area contributed by atoms with Gasteiger partial charge in [0.05, 0.1) is 119 Å². The molecule has 34 heteroatoms. The van der Waals surface area contributed by atoms with Gasteiger partial charge in [-0.3, -0.25) is 39.9 Å². The second-order valence-electron chi connectivity index (χ2n) is 19.0. The van der Waals surface area contributed by atoms with Gasteiger partial charge in [-0.15, -0.1) is 0 Å². The van der Waals surface area contributed by atoms with Crippen LogP contribution in [0, 0.1) is 53.9 Å². The van der Waals surface area contributed by atoms with Gasteiger partial charge >= 0.3 is 72.7 Å². The molecule has 0 unspecified atom stereocenters. The van der Waals surface area contributed by atoms with E-state index >= 15 is 0 Å². The van der Waals surface area contributed by atoms with Crippen molar-refractivity contribution in [2.75, 3.05) is 0 Å². The maximum atomic E-state index is 10.2. The molecular weight excluding hydrogens is 1590 g/mol. The molecule has 0 amide bonds. The second kappa shape index (κ2) is 44.0. The third-order valence-electron chi connectivity index (χ3n) is 12.9. The average molecular weight is 1640 g/mol. The van der Waals surface area contributed by atoms with E-state index in [4.69, 9.17) is 15.3 Å². The summed E-state index contributed by atoms with van der Waals surface area (Å²) >= 11 is 0. The molecule has 0 atom stereocenters. The molecule has 530 valence electrons. The number of hydrogen-bond acceptors (Lipinski definition) is 26. The van der Waals surface area contributed by atoms with Gasteiger partial charge in [0.1, 0.15) is 0 Å². The molecule has 0 aliphatic heterocycles. The minimum atomic E-state index is -1.75. The van der Waals surface area contributed by atoms with Crippen LogP contribution in [0.5, 0.6) is 0 Å². The number of carbonyl (C=O) groups is 6. The van der Waals surface area contributed by atoms with E-state index in [0.29, 0.717) is 0 Å². The maximum Gasteiger partial charge on any atom is 3.00 e. The number of hydrogen-bond donors (Lipinski definition) is 0. The summed E-state index contributed by atoms with van der Waals surface area (Å²) in [6.45, 7) is 0. The first-order chi connectivity index (χ1) is 46.4. The zero-order valence-electron chi connectivity index (χ0n) is 52.1. The van der Waals surface area contributed by atoms with Crippen LogP contribution in [-0.4, -0.2) is 118 Å². The molecule has 0 saturated carbocycles. The Labute approximate surface area is 631 Å². The van der Waals surface area contributed by atoms with Crippen molar-refractivity contribution in [3.63, 3.8) is 0 Å². The van der Waals surface area contributed by atoms with Gasteiger partial charge in [0.25, 0.3) is 0 Å². The normalized spacial score (nSPS) is 9.40. The Balaban J connectivity index is 0.000000590. The van der Waals surface area contributed by atoms with Crippen LogP contribution in [0.15, 0.2) is 250 Å². The Hall–Kier alpha value is -12.2. The summed E-state index contributed by atoms with van der Waals surface area (Å²) < 4.78 is 0. The molecule has 11 aromatic heterocycles. The van der Waals surface area contributed by atoms with E-state index in [1.54, 1.807) is 49.6 Å². The van der Waals surface area contributed by atoms with Crippen LogP contribution in [0.4, 0.5) is 0 Å². The number of carbonyl (C=O) groups excluding carboxylic acids is 6. The summed E-state index contributed by atoms with van der Waals surface area (Å²) in [6.07, 6.45) is 14.4. The quantitative estimate of drug-likeness (QED) is 0.0970. The number of rotatable bonds is 6. The molecule has 0 fully saturated rings. The maximum absolute atomic E-state index is 10.2. The number of aromatic carboxylic acids is 6. The Morgan fingerprint density at radius 1 is 0.233 bits per heavy atom. The molecule has 4 aromatic carbocycles. The van der Waals surface area contributed by atoms with Crippen LogP contribution >= 0.6 is 0 Å². The number of fused-ring (bicyclic) bond motifs is 12. The first-order valence-electron chi connectivity index (χ1n) is 27.7. The van der Waals surface area contributed by atoms with Crippen molar-refractivity contribution in [1.82, 2.24) is 54.8 Å². The van der Waals surface area contributed by atoms with Crippen molar-refractivity contribution in [1.29, 1.82) is 0 Å². The van der Waals surface area contributed by atoms with Crippen molar-refractivity contribution in [3.05, 3.63) is 299 Å². The van der Waals surface area contributed by atoms with Gasteiger partial charge in [-0.05, 0) is 84.9 Å². The van der Waals surface area contributed by atoms with E-state index in [1.807, 2.05) is 48.5 Å². The van der Waals surface area contributed by atoms with E-state index in [0.717, 1.165) is 124 Å². The molecule has 0 saturated heterocycles. The monoisotopic (exact) mass is 1630 g/mol. The summed E-state index contributed by atoms with van der Waals surface area (Å²) in [7, 11) is 0. The van der Waals surface area contributed by atoms with Gasteiger partial charge in [0.2, 0.25) is 0 Å². The predicted octanol–water partition coefficient (Wildman–Crippen LogP) is 1.01. The molecule has 0 aliphatic carbocycles. The third kappa shape index (κ3) is 25.2. The van der Waals surface area contributed by atoms with Crippen LogP contribution in [0.3, 0.4) is 0 Å². The fraction of sp³-hybridized carbons (Fsp3) is 0. The summed E-state index contributed by atoms with van der Waals surface area (Å²) in [5.74, 6) is -9.09. The van der Waals surface area contributed by atoms with Crippen LogP contribution in [0.2, 0.25) is 0 Å². The molecule has 0 bridgehead atoms. The molecule has 31 nitrogen and oxygen atoms in total. The Bertz CT molecular complexity index is 4460. The predicted molar refractivity (Wildman–Crippen MR) is 352 cm³/mol. The summed E-state index contributed by atoms with van der Waals surface area (Å²) in [6, 6.07) is 59.2. The first kappa shape index (κ1) is 88.8. The van der Waals surface area contributed by atoms with Crippen molar-refractivity contribution in [2.24, 2.45) is 0 Å².